The van der Waals surface area contributed by atoms with Crippen molar-refractivity contribution in [1.29, 1.82) is 0 Å². The summed E-state index contributed by atoms with van der Waals surface area (Å²) in [6.45, 7) is 2.25. The molecule has 2 heterocycles. The molecular weight excluding hydrogens is 332 g/mol. The lowest BCUT2D eigenvalue weighted by Crippen LogP contribution is -2.57. The maximum atomic E-state index is 12.7. The molecule has 1 amide bonds. The second-order valence-electron chi connectivity index (χ2n) is 6.60. The number of nitrogens with one attached hydrogen (secondary N) is 1. The number of methoxy groups -OCH3 is 2. The Hall–Kier alpha value is -2.54. The number of likely N-dealkylation sites (tertiary alicyclic amines) is 1. The SMILES string of the molecule is CNC(=O)C1(n2cccn2)CCCN(Cc2cc(OC)cc(OC)c2)C1. The first-order valence-electron chi connectivity index (χ1n) is 8.78. The van der Waals surface area contributed by atoms with Gasteiger partial charge in [-0.2, -0.15) is 5.10 Å². The molecule has 1 fully saturated rings. The molecule has 1 N–H and O–H groups in total. The number of ether oxygens (including phenoxy) is 2. The van der Waals surface area contributed by atoms with E-state index in [9.17, 15) is 4.79 Å². The number of piperidine rings is 1. The molecule has 0 saturated carbocycles. The summed E-state index contributed by atoms with van der Waals surface area (Å²) in [6, 6.07) is 7.73. The Kier molecular flexibility index (Phi) is 5.46. The lowest BCUT2D eigenvalue weighted by Gasteiger charge is -2.41. The Morgan fingerprint density at radius 1 is 1.27 bits per heavy atom. The first-order valence-corrected chi connectivity index (χ1v) is 8.78. The molecule has 1 aliphatic rings. The fourth-order valence-electron chi connectivity index (χ4n) is 3.71. The Morgan fingerprint density at radius 3 is 2.58 bits per heavy atom. The van der Waals surface area contributed by atoms with Gasteiger partial charge in [-0.25, -0.2) is 0 Å². The highest BCUT2D eigenvalue weighted by Crippen LogP contribution is 2.31. The van der Waals surface area contributed by atoms with Gasteiger partial charge in [-0.1, -0.05) is 0 Å². The van der Waals surface area contributed by atoms with Crippen LogP contribution in [0.1, 0.15) is 18.4 Å². The number of hydrogen-bond acceptors (Lipinski definition) is 5. The number of carbonyl (C=O) groups is 1. The van der Waals surface area contributed by atoms with E-state index in [0.717, 1.165) is 36.4 Å². The highest BCUT2D eigenvalue weighted by atomic mass is 16.5. The second kappa shape index (κ2) is 7.78. The van der Waals surface area contributed by atoms with E-state index in [4.69, 9.17) is 9.47 Å². The highest BCUT2D eigenvalue weighted by molar-refractivity contribution is 5.84. The van der Waals surface area contributed by atoms with Gasteiger partial charge in [0.2, 0.25) is 5.91 Å². The van der Waals surface area contributed by atoms with Crippen LogP contribution in [0.4, 0.5) is 0 Å². The lowest BCUT2D eigenvalue weighted by atomic mass is 9.87. The van der Waals surface area contributed by atoms with Crippen LogP contribution in [-0.2, 0) is 16.9 Å². The van der Waals surface area contributed by atoms with E-state index < -0.39 is 5.54 Å². The number of aromatic nitrogens is 2. The number of amides is 1. The zero-order valence-electron chi connectivity index (χ0n) is 15.6. The van der Waals surface area contributed by atoms with Gasteiger partial charge < -0.3 is 14.8 Å². The van der Waals surface area contributed by atoms with Gasteiger partial charge in [0.1, 0.15) is 11.5 Å². The molecule has 0 radical (unpaired) electrons. The van der Waals surface area contributed by atoms with Crippen molar-refractivity contribution in [1.82, 2.24) is 20.0 Å². The normalized spacial score (nSPS) is 20.6. The van der Waals surface area contributed by atoms with Gasteiger partial charge in [-0.3, -0.25) is 14.4 Å². The second-order valence-corrected chi connectivity index (χ2v) is 6.60. The molecule has 26 heavy (non-hydrogen) atoms. The molecule has 1 aromatic carbocycles. The van der Waals surface area contributed by atoms with Gasteiger partial charge in [0, 0.05) is 38.6 Å². The number of carbonyl (C=O) groups excluding carboxylic acids is 1. The molecule has 1 saturated heterocycles. The molecule has 2 aromatic rings. The summed E-state index contributed by atoms with van der Waals surface area (Å²) in [6.07, 6.45) is 5.28. The molecule has 3 rings (SSSR count). The van der Waals surface area contributed by atoms with Gasteiger partial charge in [0.25, 0.3) is 0 Å². The maximum absolute atomic E-state index is 12.7. The zero-order valence-corrected chi connectivity index (χ0v) is 15.6. The zero-order chi connectivity index (χ0) is 18.6. The molecule has 1 aromatic heterocycles. The van der Waals surface area contributed by atoms with Crippen molar-refractivity contribution in [2.24, 2.45) is 0 Å². The van der Waals surface area contributed by atoms with E-state index >= 15 is 0 Å². The number of benzene rings is 1. The average Bonchev–Trinajstić information content (AvgIpc) is 3.22. The van der Waals surface area contributed by atoms with Gasteiger partial charge in [0.05, 0.1) is 14.2 Å². The number of likely N-dealkylation sites (N-methyl/N-ethyl adjacent to an activating group) is 1. The monoisotopic (exact) mass is 358 g/mol. The minimum absolute atomic E-state index is 0.00544. The molecule has 1 atom stereocenters. The predicted molar refractivity (Wildman–Crippen MR) is 98.3 cm³/mol. The van der Waals surface area contributed by atoms with Crippen LogP contribution in [0.5, 0.6) is 11.5 Å². The van der Waals surface area contributed by atoms with E-state index in [1.165, 1.54) is 0 Å². The van der Waals surface area contributed by atoms with Crippen molar-refractivity contribution in [2.45, 2.75) is 24.9 Å². The molecule has 0 spiro atoms. The molecule has 1 aliphatic heterocycles. The third kappa shape index (κ3) is 3.53. The van der Waals surface area contributed by atoms with Crippen LogP contribution in [0.15, 0.2) is 36.7 Å². The minimum Gasteiger partial charge on any atom is -0.497 e. The van der Waals surface area contributed by atoms with Crippen LogP contribution in [0.2, 0.25) is 0 Å². The van der Waals surface area contributed by atoms with E-state index in [2.05, 4.69) is 15.3 Å². The van der Waals surface area contributed by atoms with Crippen molar-refractivity contribution in [3.63, 3.8) is 0 Å². The summed E-state index contributed by atoms with van der Waals surface area (Å²) >= 11 is 0. The fourth-order valence-corrected chi connectivity index (χ4v) is 3.71. The lowest BCUT2D eigenvalue weighted by molar-refractivity contribution is -0.133. The summed E-state index contributed by atoms with van der Waals surface area (Å²) in [5.41, 5.74) is 0.411. The Morgan fingerprint density at radius 2 is 2.00 bits per heavy atom. The Bertz CT molecular complexity index is 725. The van der Waals surface area contributed by atoms with Crippen molar-refractivity contribution in [3.05, 3.63) is 42.2 Å². The van der Waals surface area contributed by atoms with E-state index in [0.29, 0.717) is 13.1 Å². The Balaban J connectivity index is 1.85. The number of nitrogens with zero attached hydrogens (tertiary/aromatic N) is 3. The van der Waals surface area contributed by atoms with Crippen molar-refractivity contribution in [3.8, 4) is 11.5 Å². The molecule has 7 nitrogen and oxygen atoms in total. The first-order chi connectivity index (χ1) is 12.6. The maximum Gasteiger partial charge on any atom is 0.249 e. The third-order valence-electron chi connectivity index (χ3n) is 4.96. The topological polar surface area (TPSA) is 68.6 Å². The quantitative estimate of drug-likeness (QED) is 0.850. The van der Waals surface area contributed by atoms with Gasteiger partial charge in [-0.05, 0) is 43.1 Å². The molecule has 140 valence electrons. The summed E-state index contributed by atoms with van der Waals surface area (Å²) in [5, 5.41) is 7.18. The van der Waals surface area contributed by atoms with Gasteiger partial charge >= 0.3 is 0 Å². The van der Waals surface area contributed by atoms with E-state index in [1.807, 2.05) is 30.5 Å². The first kappa shape index (κ1) is 18.3. The van der Waals surface area contributed by atoms with Crippen LogP contribution in [-0.4, -0.2) is 54.9 Å². The summed E-state index contributed by atoms with van der Waals surface area (Å²) in [4.78, 5) is 15.0. The molecule has 0 bridgehead atoms. The number of hydrogen-bond donors (Lipinski definition) is 1. The summed E-state index contributed by atoms with van der Waals surface area (Å²) in [5.74, 6) is 1.52. The van der Waals surface area contributed by atoms with Crippen molar-refractivity contribution in [2.75, 3.05) is 34.4 Å². The van der Waals surface area contributed by atoms with Crippen LogP contribution in [0, 0.1) is 0 Å². The van der Waals surface area contributed by atoms with Gasteiger partial charge in [-0.15, -0.1) is 0 Å². The Labute approximate surface area is 153 Å². The third-order valence-corrected chi connectivity index (χ3v) is 4.96. The molecule has 1 unspecified atom stereocenters. The minimum atomic E-state index is -0.681. The average molecular weight is 358 g/mol. The summed E-state index contributed by atoms with van der Waals surface area (Å²) in [7, 11) is 4.97. The van der Waals surface area contributed by atoms with E-state index in [1.54, 1.807) is 32.1 Å². The molecule has 0 aliphatic carbocycles. The van der Waals surface area contributed by atoms with Crippen molar-refractivity contribution >= 4 is 5.91 Å². The summed E-state index contributed by atoms with van der Waals surface area (Å²) < 4.78 is 12.5. The largest absolute Gasteiger partial charge is 0.497 e. The van der Waals surface area contributed by atoms with Crippen LogP contribution < -0.4 is 14.8 Å². The smallest absolute Gasteiger partial charge is 0.249 e. The van der Waals surface area contributed by atoms with Crippen LogP contribution >= 0.6 is 0 Å². The highest BCUT2D eigenvalue weighted by Gasteiger charge is 2.44. The van der Waals surface area contributed by atoms with Crippen LogP contribution in [0.3, 0.4) is 0 Å². The van der Waals surface area contributed by atoms with Crippen LogP contribution in [0.25, 0.3) is 0 Å². The fraction of sp³-hybridized carbons (Fsp3) is 0.474. The molecular formula is C19H26N4O3. The van der Waals surface area contributed by atoms with Crippen molar-refractivity contribution < 1.29 is 14.3 Å². The van der Waals surface area contributed by atoms with Gasteiger partial charge in [0.15, 0.2) is 5.54 Å². The number of rotatable bonds is 6. The standard InChI is InChI=1S/C19H26N4O3/c1-20-18(24)19(23-9-5-7-21-23)6-4-8-22(14-19)13-15-10-16(25-2)12-17(11-15)26-3/h5,7,9-12H,4,6,8,13-14H2,1-3H3,(H,20,24). The predicted octanol–water partition coefficient (Wildman–Crippen LogP) is 1.64. The van der Waals surface area contributed by atoms with E-state index in [-0.39, 0.29) is 5.91 Å². The molecule has 7 heteroatoms.